The fourth-order valence-corrected chi connectivity index (χ4v) is 1.36. The minimum atomic E-state index is -0.0106. The van der Waals surface area contributed by atoms with E-state index in [0.717, 1.165) is 5.96 Å². The Morgan fingerprint density at radius 1 is 1.13 bits per heavy atom. The number of hydrogen-bond donors (Lipinski definition) is 0. The topological polar surface area (TPSA) is 39.1 Å². The summed E-state index contributed by atoms with van der Waals surface area (Å²) in [6.45, 7) is 3.53. The Labute approximate surface area is 92.4 Å². The summed E-state index contributed by atoms with van der Waals surface area (Å²) in [5.74, 6) is 0.888. The highest BCUT2D eigenvalue weighted by Gasteiger charge is 2.20. The summed E-state index contributed by atoms with van der Waals surface area (Å²) in [5, 5.41) is 0. The van der Waals surface area contributed by atoms with Crippen LogP contribution in [0.2, 0.25) is 0 Å². The van der Waals surface area contributed by atoms with Gasteiger partial charge in [-0.1, -0.05) is 0 Å². The van der Waals surface area contributed by atoms with Gasteiger partial charge in [0.05, 0.1) is 0 Å². The summed E-state index contributed by atoms with van der Waals surface area (Å²) in [6.07, 6.45) is -0.0106. The Kier molecular flexibility index (Phi) is 5.11. The lowest BCUT2D eigenvalue weighted by molar-refractivity contribution is -0.131. The van der Waals surface area contributed by atoms with Crippen LogP contribution in [0, 0.1) is 0 Å². The van der Waals surface area contributed by atoms with Crippen molar-refractivity contribution < 1.29 is 4.79 Å². The minimum Gasteiger partial charge on any atom is -0.349 e. The number of nitrogens with zero attached hydrogens (tertiary/aromatic N) is 4. The summed E-state index contributed by atoms with van der Waals surface area (Å²) in [7, 11) is 9.31. The summed E-state index contributed by atoms with van der Waals surface area (Å²) < 4.78 is 0. The molecule has 0 aromatic carbocycles. The van der Waals surface area contributed by atoms with E-state index >= 15 is 0 Å². The van der Waals surface area contributed by atoms with Gasteiger partial charge in [0, 0.05) is 42.2 Å². The molecule has 0 aliphatic rings. The van der Waals surface area contributed by atoms with Crippen LogP contribution in [0.15, 0.2) is 4.99 Å². The molecule has 0 saturated carbocycles. The van der Waals surface area contributed by atoms with Crippen molar-refractivity contribution in [1.29, 1.82) is 0 Å². The third kappa shape index (κ3) is 3.42. The monoisotopic (exact) mass is 214 g/mol. The highest BCUT2D eigenvalue weighted by molar-refractivity contribution is 5.80. The second kappa shape index (κ2) is 5.58. The maximum absolute atomic E-state index is 11.2. The molecule has 1 unspecified atom stereocenters. The van der Waals surface area contributed by atoms with Crippen molar-refractivity contribution >= 4 is 11.9 Å². The summed E-state index contributed by atoms with van der Waals surface area (Å²) >= 11 is 0. The maximum atomic E-state index is 11.2. The average molecular weight is 214 g/mol. The van der Waals surface area contributed by atoms with E-state index in [2.05, 4.69) is 4.99 Å². The zero-order chi connectivity index (χ0) is 12.2. The molecule has 0 aliphatic heterocycles. The molecule has 0 spiro atoms. The first-order valence-corrected chi connectivity index (χ1v) is 4.93. The molecular formula is C10H22N4O. The van der Waals surface area contributed by atoms with Crippen LogP contribution in [0.25, 0.3) is 0 Å². The van der Waals surface area contributed by atoms with Gasteiger partial charge in [-0.3, -0.25) is 9.79 Å². The Hall–Kier alpha value is -1.26. The quantitative estimate of drug-likeness (QED) is 0.377. The lowest BCUT2D eigenvalue weighted by atomic mass is 10.4. The largest absolute Gasteiger partial charge is 0.349 e. The van der Waals surface area contributed by atoms with Gasteiger partial charge in [0.25, 0.3) is 0 Å². The van der Waals surface area contributed by atoms with Crippen LogP contribution >= 0.6 is 0 Å². The summed E-state index contributed by atoms with van der Waals surface area (Å²) in [4.78, 5) is 21.0. The van der Waals surface area contributed by atoms with Crippen molar-refractivity contribution in [1.82, 2.24) is 14.7 Å². The minimum absolute atomic E-state index is 0.0106. The first-order valence-electron chi connectivity index (χ1n) is 4.93. The number of hydrogen-bond acceptors (Lipinski definition) is 2. The van der Waals surface area contributed by atoms with Crippen LogP contribution < -0.4 is 0 Å². The van der Waals surface area contributed by atoms with Gasteiger partial charge in [0.2, 0.25) is 5.91 Å². The van der Waals surface area contributed by atoms with Crippen molar-refractivity contribution in [3.8, 4) is 0 Å². The lowest BCUT2D eigenvalue weighted by Crippen LogP contribution is -2.51. The normalized spacial score (nSPS) is 13.4. The molecular weight excluding hydrogens is 192 g/mol. The SMILES string of the molecule is CN=C(N(C)C)N(C)C(C)N(C)C(C)=O. The first kappa shape index (κ1) is 13.7. The highest BCUT2D eigenvalue weighted by atomic mass is 16.2. The molecule has 0 bridgehead atoms. The van der Waals surface area contributed by atoms with Crippen LogP contribution in [-0.4, -0.2) is 68.0 Å². The number of amides is 1. The van der Waals surface area contributed by atoms with Crippen molar-refractivity contribution in [2.24, 2.45) is 4.99 Å². The van der Waals surface area contributed by atoms with Gasteiger partial charge < -0.3 is 14.7 Å². The fourth-order valence-electron chi connectivity index (χ4n) is 1.36. The molecule has 5 nitrogen and oxygen atoms in total. The molecule has 0 rings (SSSR count). The molecule has 15 heavy (non-hydrogen) atoms. The number of rotatable bonds is 2. The summed E-state index contributed by atoms with van der Waals surface area (Å²) in [6, 6.07) is 0. The van der Waals surface area contributed by atoms with Crippen molar-refractivity contribution in [3.63, 3.8) is 0 Å². The van der Waals surface area contributed by atoms with Gasteiger partial charge in [0.1, 0.15) is 6.17 Å². The summed E-state index contributed by atoms with van der Waals surface area (Å²) in [5.41, 5.74) is 0. The molecule has 0 heterocycles. The third-order valence-corrected chi connectivity index (χ3v) is 2.53. The molecule has 1 atom stereocenters. The standard InChI is InChI=1S/C10H22N4O/c1-8(13(6)9(2)15)14(7)10(11-3)12(4)5/h8H,1-7H3. The van der Waals surface area contributed by atoms with Gasteiger partial charge in [0.15, 0.2) is 5.96 Å². The second-order valence-electron chi connectivity index (χ2n) is 3.79. The van der Waals surface area contributed by atoms with E-state index in [4.69, 9.17) is 0 Å². The second-order valence-corrected chi connectivity index (χ2v) is 3.79. The third-order valence-electron chi connectivity index (χ3n) is 2.53. The number of guanidine groups is 1. The van der Waals surface area contributed by atoms with E-state index in [1.165, 1.54) is 0 Å². The van der Waals surface area contributed by atoms with Crippen LogP contribution in [0.4, 0.5) is 0 Å². The van der Waals surface area contributed by atoms with E-state index in [9.17, 15) is 4.79 Å². The Bertz CT molecular complexity index is 250. The lowest BCUT2D eigenvalue weighted by Gasteiger charge is -2.36. The molecule has 5 heteroatoms. The van der Waals surface area contributed by atoms with Crippen molar-refractivity contribution in [2.75, 3.05) is 35.2 Å². The van der Waals surface area contributed by atoms with E-state index in [1.54, 1.807) is 25.9 Å². The Morgan fingerprint density at radius 3 is 1.87 bits per heavy atom. The molecule has 0 N–H and O–H groups in total. The van der Waals surface area contributed by atoms with Crippen molar-refractivity contribution in [3.05, 3.63) is 0 Å². The van der Waals surface area contributed by atoms with Crippen LogP contribution in [-0.2, 0) is 4.79 Å². The smallest absolute Gasteiger partial charge is 0.220 e. The predicted molar refractivity (Wildman–Crippen MR) is 62.7 cm³/mol. The first-order chi connectivity index (χ1) is 6.82. The van der Waals surface area contributed by atoms with Crippen molar-refractivity contribution in [2.45, 2.75) is 20.0 Å². The molecule has 0 aromatic heterocycles. The molecule has 0 aromatic rings. The molecule has 0 aliphatic carbocycles. The fraction of sp³-hybridized carbons (Fsp3) is 0.800. The van der Waals surface area contributed by atoms with E-state index in [1.807, 2.05) is 37.9 Å². The zero-order valence-corrected chi connectivity index (χ0v) is 10.8. The van der Waals surface area contributed by atoms with Gasteiger partial charge in [-0.25, -0.2) is 0 Å². The molecule has 0 saturated heterocycles. The predicted octanol–water partition coefficient (Wildman–Crippen LogP) is 0.290. The molecule has 1 amide bonds. The van der Waals surface area contributed by atoms with Gasteiger partial charge in [-0.05, 0) is 6.92 Å². The Morgan fingerprint density at radius 2 is 1.60 bits per heavy atom. The average Bonchev–Trinajstić information content (AvgIpc) is 2.15. The molecule has 88 valence electrons. The van der Waals surface area contributed by atoms with Gasteiger partial charge >= 0.3 is 0 Å². The van der Waals surface area contributed by atoms with Gasteiger partial charge in [-0.2, -0.15) is 0 Å². The van der Waals surface area contributed by atoms with E-state index in [-0.39, 0.29) is 12.1 Å². The maximum Gasteiger partial charge on any atom is 0.220 e. The van der Waals surface area contributed by atoms with E-state index in [0.29, 0.717) is 0 Å². The molecule has 0 radical (unpaired) electrons. The Balaban J connectivity index is 4.69. The number of carbonyl (C=O) groups is 1. The van der Waals surface area contributed by atoms with Crippen LogP contribution in [0.1, 0.15) is 13.8 Å². The molecule has 0 fully saturated rings. The van der Waals surface area contributed by atoms with Crippen LogP contribution in [0.5, 0.6) is 0 Å². The van der Waals surface area contributed by atoms with Gasteiger partial charge in [-0.15, -0.1) is 0 Å². The van der Waals surface area contributed by atoms with E-state index < -0.39 is 0 Å². The van der Waals surface area contributed by atoms with Crippen LogP contribution in [0.3, 0.4) is 0 Å². The zero-order valence-electron chi connectivity index (χ0n) is 10.8. The number of carbonyl (C=O) groups excluding carboxylic acids is 1. The highest BCUT2D eigenvalue weighted by Crippen LogP contribution is 2.04. The number of aliphatic imine (C=N–C) groups is 1.